The quantitative estimate of drug-likeness (QED) is 0.257. The number of hydrogen-bond acceptors (Lipinski definition) is 3. The van der Waals surface area contributed by atoms with Crippen molar-refractivity contribution in [2.24, 2.45) is 0 Å². The molecule has 0 N–H and O–H groups in total. The number of carbonyl (C=O) groups excluding carboxylic acids is 1. The molecule has 10 heavy (non-hydrogen) atoms. The molecule has 0 aromatic rings. The van der Waals surface area contributed by atoms with Crippen LogP contribution >= 0.6 is 0 Å². The standard InChI is InChI=1S/C7H10O3/c1-4-6(2)5-7(8)10-9-3/h4-5H,1H2,2-3H3. The Morgan fingerprint density at radius 2 is 2.20 bits per heavy atom. The summed E-state index contributed by atoms with van der Waals surface area (Å²) in [5.74, 6) is -0.528. The van der Waals surface area contributed by atoms with E-state index in [1.54, 1.807) is 13.0 Å². The van der Waals surface area contributed by atoms with Crippen molar-refractivity contribution in [3.63, 3.8) is 0 Å². The fraction of sp³-hybridized carbons (Fsp3) is 0.286. The van der Waals surface area contributed by atoms with Gasteiger partial charge in [0.25, 0.3) is 0 Å². The first kappa shape index (κ1) is 8.91. The third kappa shape index (κ3) is 3.86. The SMILES string of the molecule is C=CC(C)=CC(=O)OOC. The lowest BCUT2D eigenvalue weighted by Gasteiger charge is -1.93. The van der Waals surface area contributed by atoms with Crippen molar-refractivity contribution in [2.75, 3.05) is 7.11 Å². The van der Waals surface area contributed by atoms with Crippen molar-refractivity contribution in [1.29, 1.82) is 0 Å². The highest BCUT2D eigenvalue weighted by Gasteiger charge is 1.95. The Morgan fingerprint density at radius 3 is 2.60 bits per heavy atom. The fourth-order valence-corrected chi connectivity index (χ4v) is 0.351. The maximum Gasteiger partial charge on any atom is 0.366 e. The van der Waals surface area contributed by atoms with Gasteiger partial charge >= 0.3 is 5.97 Å². The molecule has 0 heterocycles. The highest BCUT2D eigenvalue weighted by molar-refractivity contribution is 5.82. The monoisotopic (exact) mass is 142 g/mol. The van der Waals surface area contributed by atoms with Crippen molar-refractivity contribution >= 4 is 5.97 Å². The van der Waals surface area contributed by atoms with Gasteiger partial charge < -0.3 is 0 Å². The molecule has 0 saturated heterocycles. The molecule has 0 spiro atoms. The van der Waals surface area contributed by atoms with Crippen LogP contribution in [0, 0.1) is 0 Å². The van der Waals surface area contributed by atoms with Crippen LogP contribution in [0.1, 0.15) is 6.92 Å². The normalized spacial score (nSPS) is 10.8. The fourth-order valence-electron chi connectivity index (χ4n) is 0.351. The van der Waals surface area contributed by atoms with Gasteiger partial charge in [0, 0.05) is 6.08 Å². The van der Waals surface area contributed by atoms with E-state index in [2.05, 4.69) is 16.4 Å². The van der Waals surface area contributed by atoms with Crippen LogP contribution in [-0.2, 0) is 14.6 Å². The third-order valence-electron chi connectivity index (χ3n) is 0.833. The minimum absolute atomic E-state index is 0.528. The summed E-state index contributed by atoms with van der Waals surface area (Å²) in [6, 6.07) is 0. The highest BCUT2D eigenvalue weighted by atomic mass is 17.2. The summed E-state index contributed by atoms with van der Waals surface area (Å²) in [6.45, 7) is 5.20. The Hall–Kier alpha value is -1.09. The van der Waals surface area contributed by atoms with Crippen molar-refractivity contribution in [3.05, 3.63) is 24.3 Å². The van der Waals surface area contributed by atoms with Gasteiger partial charge in [-0.1, -0.05) is 12.7 Å². The lowest BCUT2D eigenvalue weighted by atomic mass is 10.3. The van der Waals surface area contributed by atoms with Gasteiger partial charge in [-0.3, -0.25) is 4.89 Å². The molecule has 0 aromatic heterocycles. The first-order chi connectivity index (χ1) is 4.70. The van der Waals surface area contributed by atoms with Crippen LogP contribution in [-0.4, -0.2) is 13.1 Å². The van der Waals surface area contributed by atoms with Gasteiger partial charge in [-0.15, -0.1) is 0 Å². The maximum atomic E-state index is 10.5. The molecule has 0 aromatic carbocycles. The highest BCUT2D eigenvalue weighted by Crippen LogP contribution is 1.93. The predicted octanol–water partition coefficient (Wildman–Crippen LogP) is 1.22. The van der Waals surface area contributed by atoms with E-state index in [1.165, 1.54) is 13.2 Å². The van der Waals surface area contributed by atoms with Crippen LogP contribution in [0.3, 0.4) is 0 Å². The molecular formula is C7H10O3. The summed E-state index contributed by atoms with van der Waals surface area (Å²) < 4.78 is 0. The van der Waals surface area contributed by atoms with Gasteiger partial charge in [0.2, 0.25) is 0 Å². The Labute approximate surface area is 59.9 Å². The number of rotatable bonds is 3. The van der Waals surface area contributed by atoms with Gasteiger partial charge in [0.15, 0.2) is 0 Å². The van der Waals surface area contributed by atoms with Crippen molar-refractivity contribution in [2.45, 2.75) is 6.92 Å². The smallest absolute Gasteiger partial charge is 0.294 e. The summed E-state index contributed by atoms with van der Waals surface area (Å²) in [7, 11) is 1.27. The topological polar surface area (TPSA) is 35.5 Å². The van der Waals surface area contributed by atoms with Crippen molar-refractivity contribution in [3.8, 4) is 0 Å². The minimum Gasteiger partial charge on any atom is -0.294 e. The Morgan fingerprint density at radius 1 is 1.60 bits per heavy atom. The summed E-state index contributed by atoms with van der Waals surface area (Å²) in [5.41, 5.74) is 0.738. The molecule has 0 radical (unpaired) electrons. The molecule has 0 rings (SSSR count). The van der Waals surface area contributed by atoms with Crippen LogP contribution in [0.25, 0.3) is 0 Å². The summed E-state index contributed by atoms with van der Waals surface area (Å²) in [5, 5.41) is 0. The third-order valence-corrected chi connectivity index (χ3v) is 0.833. The second kappa shape index (κ2) is 4.76. The molecule has 3 nitrogen and oxygen atoms in total. The molecule has 0 fully saturated rings. The summed E-state index contributed by atoms with van der Waals surface area (Å²) in [6.07, 6.45) is 2.84. The second-order valence-corrected chi connectivity index (χ2v) is 1.66. The molecule has 0 aliphatic heterocycles. The Kier molecular flexibility index (Phi) is 4.24. The van der Waals surface area contributed by atoms with E-state index >= 15 is 0 Å². The molecule has 0 atom stereocenters. The van der Waals surface area contributed by atoms with E-state index in [4.69, 9.17) is 0 Å². The zero-order valence-corrected chi connectivity index (χ0v) is 6.09. The molecular weight excluding hydrogens is 132 g/mol. The zero-order chi connectivity index (χ0) is 7.98. The molecule has 0 aliphatic rings. The lowest BCUT2D eigenvalue weighted by molar-refractivity contribution is -0.249. The maximum absolute atomic E-state index is 10.5. The average molecular weight is 142 g/mol. The molecule has 0 bridgehead atoms. The van der Waals surface area contributed by atoms with E-state index in [0.717, 1.165) is 5.57 Å². The summed E-state index contributed by atoms with van der Waals surface area (Å²) in [4.78, 5) is 18.8. The molecule has 0 saturated carbocycles. The van der Waals surface area contributed by atoms with Crippen LogP contribution < -0.4 is 0 Å². The first-order valence-electron chi connectivity index (χ1n) is 2.76. The van der Waals surface area contributed by atoms with Gasteiger partial charge in [-0.05, 0) is 12.5 Å². The first-order valence-corrected chi connectivity index (χ1v) is 2.76. The zero-order valence-electron chi connectivity index (χ0n) is 6.09. The van der Waals surface area contributed by atoms with E-state index in [1.807, 2.05) is 0 Å². The van der Waals surface area contributed by atoms with Gasteiger partial charge in [0.05, 0.1) is 7.11 Å². The van der Waals surface area contributed by atoms with Crippen molar-refractivity contribution in [1.82, 2.24) is 0 Å². The van der Waals surface area contributed by atoms with Crippen LogP contribution in [0.15, 0.2) is 24.3 Å². The number of carbonyl (C=O) groups is 1. The van der Waals surface area contributed by atoms with Gasteiger partial charge in [-0.2, -0.15) is 4.89 Å². The molecule has 0 unspecified atom stereocenters. The van der Waals surface area contributed by atoms with Crippen LogP contribution in [0.4, 0.5) is 0 Å². The summed E-state index contributed by atoms with van der Waals surface area (Å²) >= 11 is 0. The lowest BCUT2D eigenvalue weighted by Crippen LogP contribution is -1.98. The predicted molar refractivity (Wildman–Crippen MR) is 37.1 cm³/mol. The number of allylic oxidation sites excluding steroid dienone is 2. The molecule has 3 heteroatoms. The van der Waals surface area contributed by atoms with E-state index in [0.29, 0.717) is 0 Å². The van der Waals surface area contributed by atoms with Crippen LogP contribution in [0.2, 0.25) is 0 Å². The average Bonchev–Trinajstić information content (AvgIpc) is 1.88. The van der Waals surface area contributed by atoms with Gasteiger partial charge in [0.1, 0.15) is 0 Å². The van der Waals surface area contributed by atoms with Gasteiger partial charge in [-0.25, -0.2) is 4.79 Å². The second-order valence-electron chi connectivity index (χ2n) is 1.66. The molecule has 0 amide bonds. The molecule has 56 valence electrons. The minimum atomic E-state index is -0.528. The van der Waals surface area contributed by atoms with E-state index in [-0.39, 0.29) is 0 Å². The van der Waals surface area contributed by atoms with Crippen molar-refractivity contribution < 1.29 is 14.6 Å². The van der Waals surface area contributed by atoms with E-state index in [9.17, 15) is 4.79 Å². The molecule has 0 aliphatic carbocycles. The number of hydrogen-bond donors (Lipinski definition) is 0. The van der Waals surface area contributed by atoms with E-state index < -0.39 is 5.97 Å². The van der Waals surface area contributed by atoms with Crippen LogP contribution in [0.5, 0.6) is 0 Å². The Balaban J connectivity index is 3.86. The largest absolute Gasteiger partial charge is 0.366 e. The Bertz CT molecular complexity index is 158.